The first-order chi connectivity index (χ1) is 12.2. The number of urea groups is 1. The zero-order chi connectivity index (χ0) is 17.2. The highest BCUT2D eigenvalue weighted by atomic mass is 19.1. The number of aromatic nitrogens is 4. The van der Waals surface area contributed by atoms with Crippen LogP contribution in [0.2, 0.25) is 0 Å². The monoisotopic (exact) mass is 341 g/mol. The van der Waals surface area contributed by atoms with Gasteiger partial charge in [0, 0.05) is 31.9 Å². The van der Waals surface area contributed by atoms with Gasteiger partial charge in [-0.1, -0.05) is 0 Å². The van der Waals surface area contributed by atoms with Gasteiger partial charge in [-0.05, 0) is 36.4 Å². The summed E-state index contributed by atoms with van der Waals surface area (Å²) < 4.78 is 14.5. The van der Waals surface area contributed by atoms with Crippen LogP contribution >= 0.6 is 0 Å². The lowest BCUT2D eigenvalue weighted by Gasteiger charge is -2.35. The van der Waals surface area contributed by atoms with E-state index in [9.17, 15) is 9.18 Å². The van der Waals surface area contributed by atoms with Gasteiger partial charge in [-0.15, -0.1) is 15.3 Å². The summed E-state index contributed by atoms with van der Waals surface area (Å²) in [6.45, 7) is 2.51. The first-order valence-corrected chi connectivity index (χ1v) is 7.92. The van der Waals surface area contributed by atoms with Crippen molar-refractivity contribution in [1.29, 1.82) is 0 Å². The highest BCUT2D eigenvalue weighted by molar-refractivity contribution is 5.89. The summed E-state index contributed by atoms with van der Waals surface area (Å²) in [5.41, 5.74) is 1.27. The largest absolute Gasteiger partial charge is 0.352 e. The second-order valence-corrected chi connectivity index (χ2v) is 5.74. The van der Waals surface area contributed by atoms with Gasteiger partial charge >= 0.3 is 6.03 Å². The molecule has 0 aliphatic carbocycles. The number of amides is 2. The molecule has 1 aliphatic rings. The standard InChI is InChI=1S/C16H16FN7O/c17-12-1-3-13(4-2-12)19-16(25)23-9-7-22(8-10-23)15-6-5-14-20-18-11-24(14)21-15/h1-6,11H,7-10H2,(H,19,25). The lowest BCUT2D eigenvalue weighted by atomic mass is 10.3. The molecule has 3 heterocycles. The molecule has 9 heteroatoms. The highest BCUT2D eigenvalue weighted by Gasteiger charge is 2.22. The van der Waals surface area contributed by atoms with E-state index in [1.807, 2.05) is 12.1 Å². The molecule has 0 radical (unpaired) electrons. The van der Waals surface area contributed by atoms with E-state index < -0.39 is 0 Å². The molecule has 2 amide bonds. The summed E-state index contributed by atoms with van der Waals surface area (Å²) in [4.78, 5) is 16.1. The topological polar surface area (TPSA) is 78.7 Å². The molecule has 1 fully saturated rings. The van der Waals surface area contributed by atoms with Crippen LogP contribution < -0.4 is 10.2 Å². The van der Waals surface area contributed by atoms with Gasteiger partial charge in [-0.25, -0.2) is 9.18 Å². The maximum absolute atomic E-state index is 12.9. The van der Waals surface area contributed by atoms with Crippen LogP contribution in [0.15, 0.2) is 42.7 Å². The number of halogens is 1. The molecule has 3 aromatic rings. The summed E-state index contributed by atoms with van der Waals surface area (Å²) in [6.07, 6.45) is 1.56. The van der Waals surface area contributed by atoms with E-state index in [0.29, 0.717) is 37.5 Å². The fraction of sp³-hybridized carbons (Fsp3) is 0.250. The molecular weight excluding hydrogens is 325 g/mol. The summed E-state index contributed by atoms with van der Waals surface area (Å²) >= 11 is 0. The van der Waals surface area contributed by atoms with Crippen molar-refractivity contribution in [2.75, 3.05) is 36.4 Å². The molecule has 0 saturated carbocycles. The van der Waals surface area contributed by atoms with E-state index in [0.717, 1.165) is 5.82 Å². The molecule has 0 spiro atoms. The van der Waals surface area contributed by atoms with E-state index in [1.165, 1.54) is 12.1 Å². The van der Waals surface area contributed by atoms with Crippen molar-refractivity contribution >= 4 is 23.2 Å². The Labute approximate surface area is 142 Å². The summed E-state index contributed by atoms with van der Waals surface area (Å²) in [6, 6.07) is 9.30. The molecule has 1 N–H and O–H groups in total. The lowest BCUT2D eigenvalue weighted by molar-refractivity contribution is 0.208. The van der Waals surface area contributed by atoms with Crippen LogP contribution in [0.25, 0.3) is 5.65 Å². The van der Waals surface area contributed by atoms with E-state index in [2.05, 4.69) is 25.5 Å². The average Bonchev–Trinajstić information content (AvgIpc) is 3.11. The average molecular weight is 341 g/mol. The Kier molecular flexibility index (Phi) is 3.88. The van der Waals surface area contributed by atoms with Crippen molar-refractivity contribution < 1.29 is 9.18 Å². The van der Waals surface area contributed by atoms with Gasteiger partial charge in [0.25, 0.3) is 0 Å². The third kappa shape index (κ3) is 3.21. The maximum Gasteiger partial charge on any atom is 0.321 e. The van der Waals surface area contributed by atoms with Crippen LogP contribution in [0.5, 0.6) is 0 Å². The number of benzene rings is 1. The van der Waals surface area contributed by atoms with E-state index >= 15 is 0 Å². The quantitative estimate of drug-likeness (QED) is 0.766. The molecule has 1 aromatic carbocycles. The van der Waals surface area contributed by atoms with Crippen LogP contribution in [0, 0.1) is 5.82 Å². The number of nitrogens with zero attached hydrogens (tertiary/aromatic N) is 6. The zero-order valence-corrected chi connectivity index (χ0v) is 13.3. The molecule has 1 saturated heterocycles. The molecule has 0 unspecified atom stereocenters. The Hall–Kier alpha value is -3.23. The SMILES string of the molecule is O=C(Nc1ccc(F)cc1)N1CCN(c2ccc3nncn3n2)CC1. The summed E-state index contributed by atoms with van der Waals surface area (Å²) in [5, 5.41) is 15.0. The second-order valence-electron chi connectivity index (χ2n) is 5.74. The number of carbonyl (C=O) groups is 1. The molecule has 4 rings (SSSR count). The first-order valence-electron chi connectivity index (χ1n) is 7.92. The smallest absolute Gasteiger partial charge is 0.321 e. The molecule has 1 aliphatic heterocycles. The second kappa shape index (κ2) is 6.34. The number of rotatable bonds is 2. The van der Waals surface area contributed by atoms with Crippen molar-refractivity contribution in [2.45, 2.75) is 0 Å². The first kappa shape index (κ1) is 15.3. The van der Waals surface area contributed by atoms with Gasteiger partial charge in [0.15, 0.2) is 5.65 Å². The molecule has 8 nitrogen and oxygen atoms in total. The van der Waals surface area contributed by atoms with Crippen LogP contribution in [0.4, 0.5) is 20.7 Å². The maximum atomic E-state index is 12.9. The number of piperazine rings is 1. The van der Waals surface area contributed by atoms with Gasteiger partial charge in [0.05, 0.1) is 0 Å². The third-order valence-corrected chi connectivity index (χ3v) is 4.13. The molecule has 0 atom stereocenters. The number of anilines is 2. The fourth-order valence-corrected chi connectivity index (χ4v) is 2.76. The number of nitrogens with one attached hydrogen (secondary N) is 1. The molecular formula is C16H16FN7O. The van der Waals surface area contributed by atoms with E-state index in [1.54, 1.807) is 27.9 Å². The van der Waals surface area contributed by atoms with Gasteiger partial charge in [-0.2, -0.15) is 4.52 Å². The highest BCUT2D eigenvalue weighted by Crippen LogP contribution is 2.15. The molecule has 2 aromatic heterocycles. The molecule has 0 bridgehead atoms. The normalized spacial score (nSPS) is 14.8. The van der Waals surface area contributed by atoms with Crippen LogP contribution in [-0.4, -0.2) is 56.9 Å². The predicted octanol–water partition coefficient (Wildman–Crippen LogP) is 1.62. The predicted molar refractivity (Wildman–Crippen MR) is 90.0 cm³/mol. The van der Waals surface area contributed by atoms with Gasteiger partial charge < -0.3 is 15.1 Å². The molecule has 25 heavy (non-hydrogen) atoms. The van der Waals surface area contributed by atoms with Crippen LogP contribution in [0.1, 0.15) is 0 Å². The van der Waals surface area contributed by atoms with Crippen molar-refractivity contribution in [3.63, 3.8) is 0 Å². The minimum Gasteiger partial charge on any atom is -0.352 e. The Balaban J connectivity index is 1.37. The Morgan fingerprint density at radius 1 is 1.04 bits per heavy atom. The third-order valence-electron chi connectivity index (χ3n) is 4.13. The van der Waals surface area contributed by atoms with Crippen molar-refractivity contribution in [1.82, 2.24) is 24.7 Å². The Morgan fingerprint density at radius 2 is 1.80 bits per heavy atom. The van der Waals surface area contributed by atoms with Gasteiger partial charge in [0.1, 0.15) is 18.0 Å². The van der Waals surface area contributed by atoms with Gasteiger partial charge in [-0.3, -0.25) is 0 Å². The number of carbonyl (C=O) groups excluding carboxylic acids is 1. The van der Waals surface area contributed by atoms with E-state index in [4.69, 9.17) is 0 Å². The minimum absolute atomic E-state index is 0.187. The van der Waals surface area contributed by atoms with Crippen molar-refractivity contribution in [3.05, 3.63) is 48.5 Å². The number of hydrogen-bond donors (Lipinski definition) is 1. The Morgan fingerprint density at radius 3 is 2.56 bits per heavy atom. The van der Waals surface area contributed by atoms with E-state index in [-0.39, 0.29) is 11.8 Å². The Bertz CT molecular complexity index is 887. The lowest BCUT2D eigenvalue weighted by Crippen LogP contribution is -2.50. The van der Waals surface area contributed by atoms with Crippen LogP contribution in [-0.2, 0) is 0 Å². The fourth-order valence-electron chi connectivity index (χ4n) is 2.76. The zero-order valence-electron chi connectivity index (χ0n) is 13.3. The summed E-state index contributed by atoms with van der Waals surface area (Å²) in [7, 11) is 0. The van der Waals surface area contributed by atoms with Gasteiger partial charge in [0.2, 0.25) is 0 Å². The van der Waals surface area contributed by atoms with Crippen molar-refractivity contribution in [3.8, 4) is 0 Å². The summed E-state index contributed by atoms with van der Waals surface area (Å²) in [5.74, 6) is 0.495. The number of fused-ring (bicyclic) bond motifs is 1. The minimum atomic E-state index is -0.329. The number of hydrogen-bond acceptors (Lipinski definition) is 5. The van der Waals surface area contributed by atoms with Crippen molar-refractivity contribution in [2.24, 2.45) is 0 Å². The van der Waals surface area contributed by atoms with Crippen LogP contribution in [0.3, 0.4) is 0 Å². The molecule has 128 valence electrons.